The minimum atomic E-state index is -5.47. The monoisotopic (exact) mass is 311 g/mol. The Hall–Kier alpha value is -1.81. The predicted octanol–water partition coefficient (Wildman–Crippen LogP) is 3.95. The molecule has 1 heterocycles. The fourth-order valence-electron chi connectivity index (χ4n) is 1.20. The molecule has 0 saturated carbocycles. The first-order valence-corrected chi connectivity index (χ1v) is 4.65. The van der Waals surface area contributed by atoms with E-state index in [1.807, 2.05) is 0 Å². The van der Waals surface area contributed by atoms with Gasteiger partial charge >= 0.3 is 12.5 Å². The molecule has 0 aliphatic rings. The quantitative estimate of drug-likeness (QED) is 0.792. The van der Waals surface area contributed by atoms with E-state index >= 15 is 0 Å². The predicted molar refractivity (Wildman–Crippen MR) is 47.4 cm³/mol. The summed E-state index contributed by atoms with van der Waals surface area (Å²) in [5.74, 6) is -2.98. The van der Waals surface area contributed by atoms with Crippen molar-refractivity contribution in [3.05, 3.63) is 17.5 Å². The van der Waals surface area contributed by atoms with Crippen LogP contribution in [-0.4, -0.2) is 18.5 Å². The van der Waals surface area contributed by atoms with Gasteiger partial charge in [0.05, 0.1) is 7.11 Å². The van der Waals surface area contributed by atoms with E-state index < -0.39 is 41.9 Å². The van der Waals surface area contributed by atoms with Gasteiger partial charge in [-0.2, -0.15) is 13.2 Å². The molecular formula is C9H5F8NO2. The Morgan fingerprint density at radius 2 is 1.65 bits per heavy atom. The summed E-state index contributed by atoms with van der Waals surface area (Å²) in [6, 6.07) is 0.237. The summed E-state index contributed by atoms with van der Waals surface area (Å²) in [5.41, 5.74) is -3.63. The maximum Gasteiger partial charge on any atom is 0.573 e. The van der Waals surface area contributed by atoms with Crippen molar-refractivity contribution in [2.45, 2.75) is 19.0 Å². The number of hydrogen-bond donors (Lipinski definition) is 0. The molecule has 1 aromatic rings. The van der Waals surface area contributed by atoms with Crippen molar-refractivity contribution in [2.75, 3.05) is 7.11 Å². The van der Waals surface area contributed by atoms with E-state index in [1.54, 1.807) is 0 Å². The SMILES string of the molecule is COc1cc(C(F)F)nc(C(F)(F)F)c1OC(F)(F)F. The summed E-state index contributed by atoms with van der Waals surface area (Å²) in [6.45, 7) is 0. The number of nitrogens with zero attached hydrogens (tertiary/aromatic N) is 1. The van der Waals surface area contributed by atoms with E-state index in [0.717, 1.165) is 0 Å². The molecule has 1 rings (SSSR count). The molecule has 1 aromatic heterocycles. The fraction of sp³-hybridized carbons (Fsp3) is 0.444. The second-order valence-electron chi connectivity index (χ2n) is 3.27. The number of alkyl halides is 8. The lowest BCUT2D eigenvalue weighted by molar-refractivity contribution is -0.277. The Morgan fingerprint density at radius 3 is 2.00 bits per heavy atom. The van der Waals surface area contributed by atoms with Crippen molar-refractivity contribution in [1.82, 2.24) is 4.98 Å². The average molecular weight is 311 g/mol. The highest BCUT2D eigenvalue weighted by molar-refractivity contribution is 5.46. The minimum Gasteiger partial charge on any atom is -0.493 e. The molecule has 0 bridgehead atoms. The summed E-state index contributed by atoms with van der Waals surface area (Å²) in [5, 5.41) is 0. The molecule has 0 aliphatic heterocycles. The summed E-state index contributed by atoms with van der Waals surface area (Å²) >= 11 is 0. The third-order valence-electron chi connectivity index (χ3n) is 1.89. The van der Waals surface area contributed by atoms with Gasteiger partial charge in [-0.15, -0.1) is 13.2 Å². The molecular weight excluding hydrogens is 306 g/mol. The van der Waals surface area contributed by atoms with Gasteiger partial charge in [0.1, 0.15) is 5.69 Å². The molecule has 11 heteroatoms. The molecule has 0 radical (unpaired) electrons. The number of rotatable bonds is 3. The average Bonchev–Trinajstić information content (AvgIpc) is 2.25. The molecule has 0 saturated heterocycles. The summed E-state index contributed by atoms with van der Waals surface area (Å²) in [6.07, 6.45) is -14.3. The summed E-state index contributed by atoms with van der Waals surface area (Å²) in [7, 11) is 0.702. The van der Waals surface area contributed by atoms with Crippen LogP contribution in [0.25, 0.3) is 0 Å². The van der Waals surface area contributed by atoms with Gasteiger partial charge in [0, 0.05) is 6.07 Å². The van der Waals surface area contributed by atoms with E-state index in [-0.39, 0.29) is 6.07 Å². The van der Waals surface area contributed by atoms with Crippen LogP contribution in [-0.2, 0) is 6.18 Å². The van der Waals surface area contributed by atoms with E-state index in [1.165, 1.54) is 0 Å². The molecule has 0 amide bonds. The van der Waals surface area contributed by atoms with Gasteiger partial charge in [-0.25, -0.2) is 13.8 Å². The van der Waals surface area contributed by atoms with Crippen LogP contribution in [0.2, 0.25) is 0 Å². The van der Waals surface area contributed by atoms with Crippen LogP contribution in [0, 0.1) is 0 Å². The largest absolute Gasteiger partial charge is 0.573 e. The Kier molecular flexibility index (Phi) is 4.30. The normalized spacial score (nSPS) is 12.7. The van der Waals surface area contributed by atoms with Crippen LogP contribution in [0.1, 0.15) is 17.8 Å². The van der Waals surface area contributed by atoms with Crippen LogP contribution in [0.5, 0.6) is 11.5 Å². The highest BCUT2D eigenvalue weighted by Gasteiger charge is 2.43. The van der Waals surface area contributed by atoms with Crippen molar-refractivity contribution >= 4 is 0 Å². The van der Waals surface area contributed by atoms with E-state index in [9.17, 15) is 35.1 Å². The highest BCUT2D eigenvalue weighted by Crippen LogP contribution is 2.44. The minimum absolute atomic E-state index is 0.237. The van der Waals surface area contributed by atoms with Crippen molar-refractivity contribution in [3.63, 3.8) is 0 Å². The number of halogens is 8. The third-order valence-corrected chi connectivity index (χ3v) is 1.89. The summed E-state index contributed by atoms with van der Waals surface area (Å²) in [4.78, 5) is 2.46. The fourth-order valence-corrected chi connectivity index (χ4v) is 1.20. The molecule has 0 fully saturated rings. The topological polar surface area (TPSA) is 31.4 Å². The Labute approximate surface area is 106 Å². The van der Waals surface area contributed by atoms with E-state index in [4.69, 9.17) is 0 Å². The lowest BCUT2D eigenvalue weighted by Gasteiger charge is -2.18. The van der Waals surface area contributed by atoms with E-state index in [2.05, 4.69) is 14.5 Å². The van der Waals surface area contributed by atoms with Gasteiger partial charge in [0.25, 0.3) is 6.43 Å². The lowest BCUT2D eigenvalue weighted by Crippen LogP contribution is -2.22. The van der Waals surface area contributed by atoms with Gasteiger partial charge in [-0.1, -0.05) is 0 Å². The molecule has 114 valence electrons. The molecule has 20 heavy (non-hydrogen) atoms. The number of methoxy groups -OCH3 is 1. The molecule has 0 unspecified atom stereocenters. The molecule has 0 aromatic carbocycles. The number of pyridine rings is 1. The van der Waals surface area contributed by atoms with Crippen LogP contribution in [0.15, 0.2) is 6.07 Å². The zero-order chi connectivity index (χ0) is 15.7. The zero-order valence-electron chi connectivity index (χ0n) is 9.44. The number of hydrogen-bond acceptors (Lipinski definition) is 3. The molecule has 0 aliphatic carbocycles. The Bertz CT molecular complexity index is 482. The third kappa shape index (κ3) is 3.84. The van der Waals surface area contributed by atoms with Gasteiger partial charge in [0.15, 0.2) is 11.4 Å². The standard InChI is InChI=1S/C9H5F8NO2/c1-19-4-2-3(7(10)11)18-6(8(12,13)14)5(4)20-9(15,16)17/h2,7H,1H3. The van der Waals surface area contributed by atoms with Gasteiger partial charge in [-0.3, -0.25) is 0 Å². The molecule has 0 spiro atoms. The molecule has 3 nitrogen and oxygen atoms in total. The number of ether oxygens (including phenoxy) is 2. The summed E-state index contributed by atoms with van der Waals surface area (Å²) < 4.78 is 106. The van der Waals surface area contributed by atoms with Gasteiger partial charge in [-0.05, 0) is 0 Å². The van der Waals surface area contributed by atoms with Gasteiger partial charge < -0.3 is 9.47 Å². The van der Waals surface area contributed by atoms with Crippen molar-refractivity contribution in [3.8, 4) is 11.5 Å². The van der Waals surface area contributed by atoms with Crippen LogP contribution in [0.3, 0.4) is 0 Å². The maximum absolute atomic E-state index is 12.6. The first kappa shape index (κ1) is 16.2. The highest BCUT2D eigenvalue weighted by atomic mass is 19.4. The van der Waals surface area contributed by atoms with Crippen LogP contribution in [0.4, 0.5) is 35.1 Å². The van der Waals surface area contributed by atoms with Crippen LogP contribution < -0.4 is 9.47 Å². The molecule has 0 N–H and O–H groups in total. The first-order valence-electron chi connectivity index (χ1n) is 4.65. The smallest absolute Gasteiger partial charge is 0.493 e. The molecule has 0 atom stereocenters. The van der Waals surface area contributed by atoms with Gasteiger partial charge in [0.2, 0.25) is 5.75 Å². The van der Waals surface area contributed by atoms with Crippen LogP contribution >= 0.6 is 0 Å². The lowest BCUT2D eigenvalue weighted by atomic mass is 10.2. The van der Waals surface area contributed by atoms with Crippen molar-refractivity contribution < 1.29 is 44.6 Å². The Morgan fingerprint density at radius 1 is 1.10 bits per heavy atom. The Balaban J connectivity index is 3.53. The first-order chi connectivity index (χ1) is 8.95. The number of aromatic nitrogens is 1. The maximum atomic E-state index is 12.6. The zero-order valence-corrected chi connectivity index (χ0v) is 9.44. The second-order valence-corrected chi connectivity index (χ2v) is 3.27. The second kappa shape index (κ2) is 5.29. The van der Waals surface area contributed by atoms with Crippen molar-refractivity contribution in [2.24, 2.45) is 0 Å². The van der Waals surface area contributed by atoms with Crippen molar-refractivity contribution in [1.29, 1.82) is 0 Å². The van der Waals surface area contributed by atoms with E-state index in [0.29, 0.717) is 7.11 Å².